The lowest BCUT2D eigenvalue weighted by Gasteiger charge is -2.22. The zero-order chi connectivity index (χ0) is 15.0. The largest absolute Gasteiger partial charge is 0.485 e. The Kier molecular flexibility index (Phi) is 3.52. The summed E-state index contributed by atoms with van der Waals surface area (Å²) in [5.41, 5.74) is 4.20. The second kappa shape index (κ2) is 5.22. The Morgan fingerprint density at radius 3 is 2.24 bits per heavy atom. The van der Waals surface area contributed by atoms with Crippen LogP contribution in [-0.2, 0) is 5.41 Å². The molecule has 0 amide bonds. The molecule has 1 heteroatoms. The first-order chi connectivity index (χ1) is 10.0. The fourth-order valence-corrected chi connectivity index (χ4v) is 3.18. The van der Waals surface area contributed by atoms with Crippen LogP contribution in [-0.4, -0.2) is 0 Å². The fourth-order valence-electron chi connectivity index (χ4n) is 3.18. The Bertz CT molecular complexity index is 619. The standard InChI is InChI=1S/C20H24O/c1-5-16-17-8-6-7-9-18(17)21-19(16)14-10-12-15(13-11-14)20(2,3)4/h6-13,16,19H,5H2,1-4H3/t16-,19-/m0/s1. The highest BCUT2D eigenvalue weighted by molar-refractivity contribution is 5.43. The molecule has 3 rings (SSSR count). The third-order valence-electron chi connectivity index (χ3n) is 4.48. The predicted octanol–water partition coefficient (Wildman–Crippen LogP) is 5.61. The molecule has 2 atom stereocenters. The lowest BCUT2D eigenvalue weighted by molar-refractivity contribution is 0.207. The van der Waals surface area contributed by atoms with Gasteiger partial charge in [0.2, 0.25) is 0 Å². The Hall–Kier alpha value is -1.76. The minimum Gasteiger partial charge on any atom is -0.485 e. The van der Waals surface area contributed by atoms with E-state index in [-0.39, 0.29) is 11.5 Å². The summed E-state index contributed by atoms with van der Waals surface area (Å²) < 4.78 is 6.22. The number of hydrogen-bond acceptors (Lipinski definition) is 1. The third kappa shape index (κ3) is 2.57. The quantitative estimate of drug-likeness (QED) is 0.694. The van der Waals surface area contributed by atoms with Gasteiger partial charge in [0.25, 0.3) is 0 Å². The zero-order valence-electron chi connectivity index (χ0n) is 13.4. The molecular weight excluding hydrogens is 256 g/mol. The number of benzene rings is 2. The number of fused-ring (bicyclic) bond motifs is 1. The van der Waals surface area contributed by atoms with Gasteiger partial charge in [-0.1, -0.05) is 70.2 Å². The average molecular weight is 280 g/mol. The molecule has 0 unspecified atom stereocenters. The summed E-state index contributed by atoms with van der Waals surface area (Å²) in [6, 6.07) is 17.4. The van der Waals surface area contributed by atoms with Crippen LogP contribution in [0.25, 0.3) is 0 Å². The van der Waals surface area contributed by atoms with Gasteiger partial charge in [-0.2, -0.15) is 0 Å². The lowest BCUT2D eigenvalue weighted by Crippen LogP contribution is -2.13. The first-order valence-corrected chi connectivity index (χ1v) is 7.86. The Morgan fingerprint density at radius 1 is 0.952 bits per heavy atom. The summed E-state index contributed by atoms with van der Waals surface area (Å²) in [4.78, 5) is 0. The first kappa shape index (κ1) is 14.2. The van der Waals surface area contributed by atoms with E-state index < -0.39 is 0 Å². The van der Waals surface area contributed by atoms with Gasteiger partial charge in [-0.3, -0.25) is 0 Å². The van der Waals surface area contributed by atoms with Gasteiger partial charge in [0.05, 0.1) is 0 Å². The van der Waals surface area contributed by atoms with Crippen LogP contribution < -0.4 is 4.74 Å². The van der Waals surface area contributed by atoms with Gasteiger partial charge in [-0.15, -0.1) is 0 Å². The van der Waals surface area contributed by atoms with Crippen LogP contribution in [0.2, 0.25) is 0 Å². The molecule has 0 fully saturated rings. The van der Waals surface area contributed by atoms with Crippen LogP contribution in [0.3, 0.4) is 0 Å². The van der Waals surface area contributed by atoms with E-state index in [1.807, 2.05) is 0 Å². The van der Waals surface area contributed by atoms with Crippen molar-refractivity contribution in [3.05, 3.63) is 65.2 Å². The molecule has 1 aliphatic heterocycles. The molecule has 1 aliphatic rings. The van der Waals surface area contributed by atoms with E-state index in [2.05, 4.69) is 76.2 Å². The van der Waals surface area contributed by atoms with Crippen LogP contribution in [0, 0.1) is 0 Å². The van der Waals surface area contributed by atoms with E-state index in [1.165, 1.54) is 16.7 Å². The minimum atomic E-state index is 0.154. The number of hydrogen-bond donors (Lipinski definition) is 0. The van der Waals surface area contributed by atoms with Gasteiger partial charge in [0, 0.05) is 11.5 Å². The number of rotatable bonds is 2. The summed E-state index contributed by atoms with van der Waals surface area (Å²) in [6.07, 6.45) is 1.25. The van der Waals surface area contributed by atoms with Gasteiger partial charge < -0.3 is 4.74 Å². The molecule has 0 N–H and O–H groups in total. The summed E-state index contributed by atoms with van der Waals surface area (Å²) in [5.74, 6) is 1.51. The van der Waals surface area contributed by atoms with Gasteiger partial charge in [0.1, 0.15) is 11.9 Å². The molecule has 0 bridgehead atoms. The maximum absolute atomic E-state index is 6.22. The number of para-hydroxylation sites is 1. The first-order valence-electron chi connectivity index (χ1n) is 7.86. The average Bonchev–Trinajstić information content (AvgIpc) is 2.85. The molecule has 2 aromatic carbocycles. The molecule has 0 saturated carbocycles. The van der Waals surface area contributed by atoms with Gasteiger partial charge in [0.15, 0.2) is 0 Å². The molecular formula is C20H24O. The van der Waals surface area contributed by atoms with E-state index in [0.29, 0.717) is 5.92 Å². The van der Waals surface area contributed by atoms with Crippen LogP contribution in [0.15, 0.2) is 48.5 Å². The second-order valence-electron chi connectivity index (χ2n) is 6.96. The van der Waals surface area contributed by atoms with Crippen molar-refractivity contribution < 1.29 is 4.74 Å². The van der Waals surface area contributed by atoms with Crippen molar-refractivity contribution in [3.63, 3.8) is 0 Å². The molecule has 0 radical (unpaired) electrons. The van der Waals surface area contributed by atoms with Crippen LogP contribution in [0.1, 0.15) is 62.8 Å². The van der Waals surface area contributed by atoms with Crippen molar-refractivity contribution in [3.8, 4) is 5.75 Å². The van der Waals surface area contributed by atoms with Crippen LogP contribution >= 0.6 is 0 Å². The van der Waals surface area contributed by atoms with Crippen LogP contribution in [0.5, 0.6) is 5.75 Å². The van der Waals surface area contributed by atoms with Crippen molar-refractivity contribution in [1.82, 2.24) is 0 Å². The molecule has 21 heavy (non-hydrogen) atoms. The fraction of sp³-hybridized carbons (Fsp3) is 0.400. The maximum atomic E-state index is 6.22. The monoisotopic (exact) mass is 280 g/mol. The van der Waals surface area contributed by atoms with Crippen LogP contribution in [0.4, 0.5) is 0 Å². The highest BCUT2D eigenvalue weighted by Crippen LogP contribution is 2.47. The predicted molar refractivity (Wildman–Crippen MR) is 88.0 cm³/mol. The van der Waals surface area contributed by atoms with Gasteiger partial charge >= 0.3 is 0 Å². The van der Waals surface area contributed by atoms with Crippen molar-refractivity contribution >= 4 is 0 Å². The van der Waals surface area contributed by atoms with Crippen molar-refractivity contribution in [2.75, 3.05) is 0 Å². The topological polar surface area (TPSA) is 9.23 Å². The van der Waals surface area contributed by atoms with Gasteiger partial charge in [-0.05, 0) is 29.0 Å². The Morgan fingerprint density at radius 2 is 1.62 bits per heavy atom. The molecule has 0 aromatic heterocycles. The summed E-state index contributed by atoms with van der Waals surface area (Å²) in [7, 11) is 0. The van der Waals surface area contributed by atoms with E-state index in [4.69, 9.17) is 4.74 Å². The third-order valence-corrected chi connectivity index (χ3v) is 4.48. The smallest absolute Gasteiger partial charge is 0.131 e. The summed E-state index contributed by atoms with van der Waals surface area (Å²) in [5, 5.41) is 0. The van der Waals surface area contributed by atoms with E-state index in [0.717, 1.165) is 12.2 Å². The molecule has 1 nitrogen and oxygen atoms in total. The molecule has 0 aliphatic carbocycles. The molecule has 0 saturated heterocycles. The maximum Gasteiger partial charge on any atom is 0.131 e. The zero-order valence-corrected chi connectivity index (χ0v) is 13.4. The van der Waals surface area contributed by atoms with E-state index in [9.17, 15) is 0 Å². The molecule has 110 valence electrons. The minimum absolute atomic E-state index is 0.154. The molecule has 1 heterocycles. The highest BCUT2D eigenvalue weighted by Gasteiger charge is 2.33. The summed E-state index contributed by atoms with van der Waals surface area (Å²) >= 11 is 0. The number of ether oxygens (including phenoxy) is 1. The second-order valence-corrected chi connectivity index (χ2v) is 6.96. The lowest BCUT2D eigenvalue weighted by atomic mass is 9.84. The van der Waals surface area contributed by atoms with Crippen molar-refractivity contribution in [1.29, 1.82) is 0 Å². The Labute approximate surface area is 128 Å². The summed E-state index contributed by atoms with van der Waals surface area (Å²) in [6.45, 7) is 8.99. The Balaban J connectivity index is 1.91. The van der Waals surface area contributed by atoms with E-state index in [1.54, 1.807) is 0 Å². The SMILES string of the molecule is CC[C@H]1c2ccccc2O[C@H]1c1ccc(C(C)(C)C)cc1. The van der Waals surface area contributed by atoms with E-state index >= 15 is 0 Å². The molecule has 2 aromatic rings. The highest BCUT2D eigenvalue weighted by atomic mass is 16.5. The van der Waals surface area contributed by atoms with Gasteiger partial charge in [-0.25, -0.2) is 0 Å². The van der Waals surface area contributed by atoms with Crippen molar-refractivity contribution in [2.45, 2.75) is 51.6 Å². The molecule has 0 spiro atoms. The normalized spacial score (nSPS) is 21.0. The van der Waals surface area contributed by atoms with Crippen molar-refractivity contribution in [2.24, 2.45) is 0 Å².